The lowest BCUT2D eigenvalue weighted by molar-refractivity contribution is -0.139. The van der Waals surface area contributed by atoms with Crippen molar-refractivity contribution in [3.05, 3.63) is 59.7 Å². The maximum atomic E-state index is 12.2. The zero-order chi connectivity index (χ0) is 20.8. The van der Waals surface area contributed by atoms with E-state index in [2.05, 4.69) is 10.6 Å². The van der Waals surface area contributed by atoms with Crippen LogP contribution in [0.15, 0.2) is 48.5 Å². The van der Waals surface area contributed by atoms with E-state index in [1.54, 1.807) is 0 Å². The number of carbonyl (C=O) groups excluding carboxylic acids is 2. The molecule has 2 aromatic rings. The number of nitrogens with one attached hydrogen (secondary N) is 2. The first-order chi connectivity index (χ1) is 14.0. The Morgan fingerprint density at radius 2 is 1.62 bits per heavy atom. The van der Waals surface area contributed by atoms with Gasteiger partial charge in [-0.25, -0.2) is 9.59 Å². The van der Waals surface area contributed by atoms with Gasteiger partial charge in [0.1, 0.15) is 12.6 Å². The van der Waals surface area contributed by atoms with E-state index in [0.29, 0.717) is 13.0 Å². The van der Waals surface area contributed by atoms with Gasteiger partial charge in [-0.3, -0.25) is 4.79 Å². The fraction of sp³-hybridized carbons (Fsp3) is 0.318. The number of hydrogen-bond donors (Lipinski definition) is 3. The van der Waals surface area contributed by atoms with Crippen LogP contribution in [0.25, 0.3) is 11.1 Å². The van der Waals surface area contributed by atoms with Gasteiger partial charge in [-0.2, -0.15) is 0 Å². The molecular formula is C22H24N2O5. The van der Waals surface area contributed by atoms with Gasteiger partial charge in [0.05, 0.1) is 0 Å². The van der Waals surface area contributed by atoms with Crippen LogP contribution in [-0.2, 0) is 14.3 Å². The summed E-state index contributed by atoms with van der Waals surface area (Å²) in [5, 5.41) is 14.3. The third-order valence-corrected chi connectivity index (χ3v) is 4.98. The first-order valence-corrected chi connectivity index (χ1v) is 9.56. The molecule has 7 nitrogen and oxygen atoms in total. The molecule has 29 heavy (non-hydrogen) atoms. The van der Waals surface area contributed by atoms with Gasteiger partial charge in [-0.05, 0) is 35.1 Å². The molecule has 1 unspecified atom stereocenters. The van der Waals surface area contributed by atoms with Crippen molar-refractivity contribution in [3.8, 4) is 11.1 Å². The number of carboxylic acids is 1. The highest BCUT2D eigenvalue weighted by molar-refractivity contribution is 5.81. The Labute approximate surface area is 169 Å². The van der Waals surface area contributed by atoms with E-state index in [-0.39, 0.29) is 24.9 Å². The van der Waals surface area contributed by atoms with Gasteiger partial charge in [0, 0.05) is 19.4 Å². The standard InChI is InChI=1S/C22H24N2O5/c1-14(25)23-12-6-11-20(21(26)27)24-22(28)29-13-19-17-9-4-2-7-15(17)16-8-3-5-10-18(16)19/h2-5,7-10,19-20H,6,11-13H2,1H3,(H,23,25)(H,24,28)(H,26,27). The Hall–Kier alpha value is -3.35. The second kappa shape index (κ2) is 9.23. The minimum absolute atomic E-state index is 0.0869. The van der Waals surface area contributed by atoms with Crippen molar-refractivity contribution >= 4 is 18.0 Å². The monoisotopic (exact) mass is 396 g/mol. The zero-order valence-electron chi connectivity index (χ0n) is 16.2. The molecule has 3 N–H and O–H groups in total. The molecule has 0 aromatic heterocycles. The van der Waals surface area contributed by atoms with Crippen LogP contribution in [0.1, 0.15) is 36.8 Å². The molecule has 0 heterocycles. The lowest BCUT2D eigenvalue weighted by atomic mass is 9.98. The average molecular weight is 396 g/mol. The van der Waals surface area contributed by atoms with E-state index in [4.69, 9.17) is 4.74 Å². The van der Waals surface area contributed by atoms with Crippen LogP contribution in [0.3, 0.4) is 0 Å². The highest BCUT2D eigenvalue weighted by Crippen LogP contribution is 2.44. The Balaban J connectivity index is 1.58. The van der Waals surface area contributed by atoms with Crippen LogP contribution in [0.2, 0.25) is 0 Å². The van der Waals surface area contributed by atoms with Crippen LogP contribution in [0.5, 0.6) is 0 Å². The quantitative estimate of drug-likeness (QED) is 0.595. The lowest BCUT2D eigenvalue weighted by Crippen LogP contribution is -2.41. The van der Waals surface area contributed by atoms with Crippen molar-refractivity contribution in [1.82, 2.24) is 10.6 Å². The molecule has 1 aliphatic carbocycles. The second-order valence-electron chi connectivity index (χ2n) is 6.99. The number of alkyl carbamates (subject to hydrolysis) is 1. The molecule has 0 bridgehead atoms. The van der Waals surface area contributed by atoms with E-state index in [1.807, 2.05) is 48.5 Å². The second-order valence-corrected chi connectivity index (χ2v) is 6.99. The summed E-state index contributed by atoms with van der Waals surface area (Å²) in [5.74, 6) is -1.40. The van der Waals surface area contributed by atoms with Gasteiger partial charge >= 0.3 is 12.1 Å². The minimum atomic E-state index is -1.14. The largest absolute Gasteiger partial charge is 0.480 e. The molecule has 2 amide bonds. The number of carbonyl (C=O) groups is 3. The van der Waals surface area contributed by atoms with Crippen molar-refractivity contribution in [3.63, 3.8) is 0 Å². The third-order valence-electron chi connectivity index (χ3n) is 4.98. The molecule has 152 valence electrons. The molecule has 1 atom stereocenters. The number of aliphatic carboxylic acids is 1. The van der Waals surface area contributed by atoms with Crippen molar-refractivity contribution in [1.29, 1.82) is 0 Å². The minimum Gasteiger partial charge on any atom is -0.480 e. The molecule has 0 fully saturated rings. The summed E-state index contributed by atoms with van der Waals surface area (Å²) in [5.41, 5.74) is 4.43. The molecule has 0 aliphatic heterocycles. The van der Waals surface area contributed by atoms with Crippen LogP contribution in [0, 0.1) is 0 Å². The van der Waals surface area contributed by atoms with Crippen molar-refractivity contribution < 1.29 is 24.2 Å². The molecule has 0 radical (unpaired) electrons. The molecular weight excluding hydrogens is 372 g/mol. The third kappa shape index (κ3) is 4.93. The van der Waals surface area contributed by atoms with Crippen molar-refractivity contribution in [2.24, 2.45) is 0 Å². The van der Waals surface area contributed by atoms with Crippen LogP contribution < -0.4 is 10.6 Å². The van der Waals surface area contributed by atoms with E-state index in [9.17, 15) is 19.5 Å². The number of rotatable bonds is 8. The summed E-state index contributed by atoms with van der Waals surface area (Å²) >= 11 is 0. The molecule has 3 rings (SSSR count). The summed E-state index contributed by atoms with van der Waals surface area (Å²) < 4.78 is 5.38. The fourth-order valence-corrected chi connectivity index (χ4v) is 3.61. The van der Waals surface area contributed by atoms with E-state index in [0.717, 1.165) is 22.3 Å². The highest BCUT2D eigenvalue weighted by atomic mass is 16.5. The molecule has 0 saturated heterocycles. The first kappa shape index (κ1) is 20.4. The average Bonchev–Trinajstić information content (AvgIpc) is 3.02. The molecule has 2 aromatic carbocycles. The van der Waals surface area contributed by atoms with E-state index in [1.165, 1.54) is 6.92 Å². The van der Waals surface area contributed by atoms with Gasteiger partial charge in [0.25, 0.3) is 0 Å². The smallest absolute Gasteiger partial charge is 0.407 e. The predicted molar refractivity (Wildman–Crippen MR) is 108 cm³/mol. The van der Waals surface area contributed by atoms with Gasteiger partial charge in [0.15, 0.2) is 0 Å². The molecule has 1 aliphatic rings. The Kier molecular flexibility index (Phi) is 6.49. The van der Waals surface area contributed by atoms with Crippen LogP contribution in [-0.4, -0.2) is 42.3 Å². The SMILES string of the molecule is CC(=O)NCCCC(NC(=O)OCC1c2ccccc2-c2ccccc21)C(=O)O. The lowest BCUT2D eigenvalue weighted by Gasteiger charge is -2.17. The van der Waals surface area contributed by atoms with Crippen molar-refractivity contribution in [2.75, 3.05) is 13.2 Å². The number of amides is 2. The molecule has 7 heteroatoms. The Morgan fingerprint density at radius 1 is 1.03 bits per heavy atom. The summed E-state index contributed by atoms with van der Waals surface area (Å²) in [4.78, 5) is 34.5. The number of carboxylic acid groups (broad SMARTS) is 1. The maximum Gasteiger partial charge on any atom is 0.407 e. The summed E-state index contributed by atoms with van der Waals surface area (Å²) in [6, 6.07) is 14.9. The number of fused-ring (bicyclic) bond motifs is 3. The topological polar surface area (TPSA) is 105 Å². The fourth-order valence-electron chi connectivity index (χ4n) is 3.61. The van der Waals surface area contributed by atoms with Gasteiger partial charge < -0.3 is 20.5 Å². The Morgan fingerprint density at radius 3 is 2.17 bits per heavy atom. The van der Waals surface area contributed by atoms with E-state index < -0.39 is 18.1 Å². The number of hydrogen-bond acceptors (Lipinski definition) is 4. The number of benzene rings is 2. The van der Waals surface area contributed by atoms with Crippen LogP contribution >= 0.6 is 0 Å². The Bertz CT molecular complexity index is 866. The maximum absolute atomic E-state index is 12.2. The van der Waals surface area contributed by atoms with Crippen LogP contribution in [0.4, 0.5) is 4.79 Å². The van der Waals surface area contributed by atoms with E-state index >= 15 is 0 Å². The summed E-state index contributed by atoms with van der Waals surface area (Å²) in [6.07, 6.45) is -0.140. The van der Waals surface area contributed by atoms with Crippen molar-refractivity contribution in [2.45, 2.75) is 31.7 Å². The summed E-state index contributed by atoms with van der Waals surface area (Å²) in [6.45, 7) is 1.87. The first-order valence-electron chi connectivity index (χ1n) is 9.56. The molecule has 0 saturated carbocycles. The van der Waals surface area contributed by atoms with Gasteiger partial charge in [-0.1, -0.05) is 48.5 Å². The number of ether oxygens (including phenoxy) is 1. The van der Waals surface area contributed by atoms with Gasteiger partial charge in [0.2, 0.25) is 5.91 Å². The predicted octanol–water partition coefficient (Wildman–Crippen LogP) is 2.89. The highest BCUT2D eigenvalue weighted by Gasteiger charge is 2.29. The zero-order valence-corrected chi connectivity index (χ0v) is 16.2. The summed E-state index contributed by atoms with van der Waals surface area (Å²) in [7, 11) is 0. The van der Waals surface area contributed by atoms with Gasteiger partial charge in [-0.15, -0.1) is 0 Å². The normalized spacial score (nSPS) is 13.1. The molecule has 0 spiro atoms.